The first kappa shape index (κ1) is 18.0. The summed E-state index contributed by atoms with van der Waals surface area (Å²) in [4.78, 5) is 25.6. The summed E-state index contributed by atoms with van der Waals surface area (Å²) in [5, 5.41) is 2.95. The van der Waals surface area contributed by atoms with E-state index in [4.69, 9.17) is 4.74 Å². The van der Waals surface area contributed by atoms with Crippen LogP contribution in [0.1, 0.15) is 38.3 Å². The lowest BCUT2D eigenvalue weighted by Crippen LogP contribution is -2.41. The highest BCUT2D eigenvalue weighted by atomic mass is 16.5. The number of carbonyl (C=O) groups is 2. The molecule has 1 aromatic carbocycles. The molecule has 0 saturated carbocycles. The van der Waals surface area contributed by atoms with Crippen molar-refractivity contribution in [2.75, 3.05) is 18.5 Å². The maximum atomic E-state index is 12.5. The summed E-state index contributed by atoms with van der Waals surface area (Å²) in [6.07, 6.45) is 0.201. The number of ether oxygens (including phenoxy) is 1. The fourth-order valence-electron chi connectivity index (χ4n) is 2.23. The van der Waals surface area contributed by atoms with Crippen LogP contribution in [0.2, 0.25) is 0 Å². The van der Waals surface area contributed by atoms with E-state index >= 15 is 0 Å². The largest absolute Gasteiger partial charge is 0.466 e. The summed E-state index contributed by atoms with van der Waals surface area (Å²) in [5.41, 5.74) is 2.86. The molecule has 0 aromatic heterocycles. The average molecular weight is 306 g/mol. The summed E-state index contributed by atoms with van der Waals surface area (Å²) < 4.78 is 4.91. The fourth-order valence-corrected chi connectivity index (χ4v) is 2.23. The number of amides is 2. The summed E-state index contributed by atoms with van der Waals surface area (Å²) in [7, 11) is 0. The molecular formula is C17H26N2O3. The molecule has 0 aliphatic heterocycles. The maximum absolute atomic E-state index is 12.5. The molecule has 2 amide bonds. The number of anilines is 1. The number of carbonyl (C=O) groups excluding carboxylic acids is 2. The molecule has 0 heterocycles. The molecule has 0 bridgehead atoms. The number of aryl methyl sites for hydroxylation is 2. The van der Waals surface area contributed by atoms with Crippen molar-refractivity contribution in [3.63, 3.8) is 0 Å². The van der Waals surface area contributed by atoms with Gasteiger partial charge in [-0.2, -0.15) is 0 Å². The van der Waals surface area contributed by atoms with Crippen LogP contribution in [-0.4, -0.2) is 36.1 Å². The Bertz CT molecular complexity index is 506. The number of benzene rings is 1. The summed E-state index contributed by atoms with van der Waals surface area (Å²) in [6, 6.07) is 5.68. The van der Waals surface area contributed by atoms with Crippen molar-refractivity contribution in [1.82, 2.24) is 4.90 Å². The molecule has 22 heavy (non-hydrogen) atoms. The number of esters is 1. The van der Waals surface area contributed by atoms with Gasteiger partial charge in [0.1, 0.15) is 0 Å². The van der Waals surface area contributed by atoms with Crippen LogP contribution < -0.4 is 5.32 Å². The predicted octanol–water partition coefficient (Wildman–Crippen LogP) is 3.50. The zero-order chi connectivity index (χ0) is 16.7. The summed E-state index contributed by atoms with van der Waals surface area (Å²) in [5.74, 6) is -0.284. The average Bonchev–Trinajstić information content (AvgIpc) is 2.43. The molecule has 1 aromatic rings. The fraction of sp³-hybridized carbons (Fsp3) is 0.529. The van der Waals surface area contributed by atoms with E-state index in [0.717, 1.165) is 16.8 Å². The Balaban J connectivity index is 2.75. The van der Waals surface area contributed by atoms with Crippen molar-refractivity contribution in [3.8, 4) is 0 Å². The van der Waals surface area contributed by atoms with Crippen LogP contribution in [0.5, 0.6) is 0 Å². The van der Waals surface area contributed by atoms with E-state index in [0.29, 0.717) is 13.2 Å². The smallest absolute Gasteiger partial charge is 0.322 e. The van der Waals surface area contributed by atoms with E-state index in [1.54, 1.807) is 11.8 Å². The van der Waals surface area contributed by atoms with Crippen LogP contribution in [0.25, 0.3) is 0 Å². The number of urea groups is 1. The molecule has 0 atom stereocenters. The molecule has 0 saturated heterocycles. The summed E-state index contributed by atoms with van der Waals surface area (Å²) in [6.45, 7) is 10.2. The quantitative estimate of drug-likeness (QED) is 0.818. The number of rotatable bonds is 6. The van der Waals surface area contributed by atoms with Crippen LogP contribution in [0.3, 0.4) is 0 Å². The number of nitrogens with zero attached hydrogens (tertiary/aromatic N) is 1. The molecule has 0 aliphatic rings. The topological polar surface area (TPSA) is 58.6 Å². The Morgan fingerprint density at radius 2 is 1.82 bits per heavy atom. The lowest BCUT2D eigenvalue weighted by molar-refractivity contribution is -0.143. The molecular weight excluding hydrogens is 280 g/mol. The molecule has 0 aliphatic carbocycles. The molecule has 0 spiro atoms. The first-order chi connectivity index (χ1) is 10.4. The van der Waals surface area contributed by atoms with E-state index in [-0.39, 0.29) is 24.5 Å². The van der Waals surface area contributed by atoms with E-state index in [1.807, 2.05) is 45.9 Å². The Kier molecular flexibility index (Phi) is 6.89. The van der Waals surface area contributed by atoms with Crippen molar-refractivity contribution in [2.45, 2.75) is 47.1 Å². The van der Waals surface area contributed by atoms with Gasteiger partial charge in [-0.25, -0.2) is 4.79 Å². The monoisotopic (exact) mass is 306 g/mol. The van der Waals surface area contributed by atoms with Gasteiger partial charge in [0.15, 0.2) is 0 Å². The second-order valence-electron chi connectivity index (χ2n) is 5.54. The number of hydrogen-bond donors (Lipinski definition) is 1. The highest BCUT2D eigenvalue weighted by Crippen LogP contribution is 2.20. The second-order valence-corrected chi connectivity index (χ2v) is 5.54. The lowest BCUT2D eigenvalue weighted by atomic mass is 10.1. The van der Waals surface area contributed by atoms with Crippen LogP contribution in [-0.2, 0) is 9.53 Å². The van der Waals surface area contributed by atoms with E-state index in [2.05, 4.69) is 5.32 Å². The zero-order valence-electron chi connectivity index (χ0n) is 14.1. The molecule has 5 heteroatoms. The van der Waals surface area contributed by atoms with Crippen molar-refractivity contribution in [1.29, 1.82) is 0 Å². The zero-order valence-corrected chi connectivity index (χ0v) is 14.1. The number of para-hydroxylation sites is 1. The predicted molar refractivity (Wildman–Crippen MR) is 88.0 cm³/mol. The van der Waals surface area contributed by atoms with Gasteiger partial charge in [0.2, 0.25) is 0 Å². The van der Waals surface area contributed by atoms with Crippen LogP contribution >= 0.6 is 0 Å². The number of hydrogen-bond acceptors (Lipinski definition) is 3. The Morgan fingerprint density at radius 3 is 2.32 bits per heavy atom. The summed E-state index contributed by atoms with van der Waals surface area (Å²) >= 11 is 0. The molecule has 0 radical (unpaired) electrons. The minimum absolute atomic E-state index is 0.00116. The van der Waals surface area contributed by atoms with E-state index in [9.17, 15) is 9.59 Å². The van der Waals surface area contributed by atoms with Crippen LogP contribution in [0.15, 0.2) is 18.2 Å². The van der Waals surface area contributed by atoms with Gasteiger partial charge in [0.25, 0.3) is 0 Å². The molecule has 0 unspecified atom stereocenters. The highest BCUT2D eigenvalue weighted by molar-refractivity contribution is 5.91. The van der Waals surface area contributed by atoms with E-state index in [1.165, 1.54) is 0 Å². The van der Waals surface area contributed by atoms with Gasteiger partial charge in [-0.1, -0.05) is 18.2 Å². The maximum Gasteiger partial charge on any atom is 0.322 e. The molecule has 0 fully saturated rings. The number of nitrogens with one attached hydrogen (secondary N) is 1. The van der Waals surface area contributed by atoms with Gasteiger partial charge in [0, 0.05) is 18.3 Å². The van der Waals surface area contributed by atoms with Gasteiger partial charge < -0.3 is 15.0 Å². The SMILES string of the molecule is CCOC(=O)CCN(C(=O)Nc1c(C)cccc1C)C(C)C. The minimum atomic E-state index is -0.284. The van der Waals surface area contributed by atoms with Crippen LogP contribution in [0, 0.1) is 13.8 Å². The first-order valence-corrected chi connectivity index (χ1v) is 7.66. The third kappa shape index (κ3) is 5.06. The van der Waals surface area contributed by atoms with Gasteiger partial charge in [-0.3, -0.25) is 4.79 Å². The first-order valence-electron chi connectivity index (χ1n) is 7.66. The minimum Gasteiger partial charge on any atom is -0.466 e. The Morgan fingerprint density at radius 1 is 1.23 bits per heavy atom. The standard InChI is InChI=1S/C17H26N2O3/c1-6-22-15(20)10-11-19(12(2)3)17(21)18-16-13(4)8-7-9-14(16)5/h7-9,12H,6,10-11H2,1-5H3,(H,18,21). The normalized spacial score (nSPS) is 10.5. The van der Waals surface area contributed by atoms with Gasteiger partial charge in [-0.05, 0) is 45.7 Å². The lowest BCUT2D eigenvalue weighted by Gasteiger charge is -2.27. The molecule has 1 N–H and O–H groups in total. The van der Waals surface area contributed by atoms with E-state index < -0.39 is 0 Å². The Labute approximate surface area is 132 Å². The molecule has 1 rings (SSSR count). The third-order valence-electron chi connectivity index (χ3n) is 3.46. The van der Waals surface area contributed by atoms with Crippen molar-refractivity contribution >= 4 is 17.7 Å². The van der Waals surface area contributed by atoms with Gasteiger partial charge in [0.05, 0.1) is 13.0 Å². The van der Waals surface area contributed by atoms with Gasteiger partial charge in [-0.15, -0.1) is 0 Å². The molecule has 122 valence electrons. The highest BCUT2D eigenvalue weighted by Gasteiger charge is 2.19. The van der Waals surface area contributed by atoms with Crippen molar-refractivity contribution < 1.29 is 14.3 Å². The third-order valence-corrected chi connectivity index (χ3v) is 3.46. The molecule has 5 nitrogen and oxygen atoms in total. The van der Waals surface area contributed by atoms with Crippen molar-refractivity contribution in [3.05, 3.63) is 29.3 Å². The van der Waals surface area contributed by atoms with Crippen LogP contribution in [0.4, 0.5) is 10.5 Å². The van der Waals surface area contributed by atoms with Gasteiger partial charge >= 0.3 is 12.0 Å². The Hall–Kier alpha value is -2.04. The second kappa shape index (κ2) is 8.41. The van der Waals surface area contributed by atoms with Crippen molar-refractivity contribution in [2.24, 2.45) is 0 Å².